The van der Waals surface area contributed by atoms with Gasteiger partial charge in [-0.05, 0) is 36.2 Å². The van der Waals surface area contributed by atoms with Crippen molar-refractivity contribution in [1.82, 2.24) is 9.78 Å². The zero-order valence-electron chi connectivity index (χ0n) is 13.5. The Morgan fingerprint density at radius 3 is 2.71 bits per heavy atom. The summed E-state index contributed by atoms with van der Waals surface area (Å²) < 4.78 is 1.84. The molecule has 0 unspecified atom stereocenters. The highest BCUT2D eigenvalue weighted by molar-refractivity contribution is 8.00. The Kier molecular flexibility index (Phi) is 5.33. The maximum absolute atomic E-state index is 12.3. The van der Waals surface area contributed by atoms with Crippen LogP contribution in [0.4, 0.5) is 5.69 Å². The Labute approximate surface area is 145 Å². The molecule has 0 radical (unpaired) electrons. The lowest BCUT2D eigenvalue weighted by Crippen LogP contribution is -2.16. The monoisotopic (exact) mass is 337 g/mol. The molecule has 3 aromatic rings. The molecular weight excluding hydrogens is 318 g/mol. The number of hydrogen-bond donors (Lipinski definition) is 1. The Morgan fingerprint density at radius 2 is 1.92 bits per heavy atom. The van der Waals surface area contributed by atoms with E-state index in [2.05, 4.69) is 23.4 Å². The number of thioether (sulfide) groups is 1. The first-order valence-electron chi connectivity index (χ1n) is 7.76. The third-order valence-electron chi connectivity index (χ3n) is 3.64. The normalized spacial score (nSPS) is 10.5. The van der Waals surface area contributed by atoms with Gasteiger partial charge in [0.15, 0.2) is 0 Å². The molecule has 122 valence electrons. The second-order valence-electron chi connectivity index (χ2n) is 5.46. The topological polar surface area (TPSA) is 46.9 Å². The molecule has 0 fully saturated rings. The zero-order chi connectivity index (χ0) is 16.8. The summed E-state index contributed by atoms with van der Waals surface area (Å²) in [4.78, 5) is 13.4. The van der Waals surface area contributed by atoms with E-state index in [4.69, 9.17) is 0 Å². The summed E-state index contributed by atoms with van der Waals surface area (Å²) >= 11 is 1.56. The van der Waals surface area contributed by atoms with Crippen molar-refractivity contribution in [2.45, 2.75) is 18.4 Å². The van der Waals surface area contributed by atoms with E-state index in [-0.39, 0.29) is 5.91 Å². The number of nitrogens with zero attached hydrogens (tertiary/aromatic N) is 2. The van der Waals surface area contributed by atoms with Crippen LogP contribution in [0.1, 0.15) is 11.1 Å². The van der Waals surface area contributed by atoms with Crippen molar-refractivity contribution < 1.29 is 4.79 Å². The van der Waals surface area contributed by atoms with Crippen molar-refractivity contribution in [3.8, 4) is 0 Å². The number of carbonyl (C=O) groups is 1. The van der Waals surface area contributed by atoms with Crippen LogP contribution in [0.3, 0.4) is 0 Å². The number of anilines is 1. The van der Waals surface area contributed by atoms with Crippen molar-refractivity contribution in [3.63, 3.8) is 0 Å². The summed E-state index contributed by atoms with van der Waals surface area (Å²) in [6.45, 7) is 2.69. The molecule has 0 aliphatic carbocycles. The Morgan fingerprint density at radius 1 is 1.12 bits per heavy atom. The van der Waals surface area contributed by atoms with E-state index in [1.54, 1.807) is 18.0 Å². The summed E-state index contributed by atoms with van der Waals surface area (Å²) in [6, 6.07) is 17.8. The van der Waals surface area contributed by atoms with Crippen LogP contribution < -0.4 is 5.32 Å². The summed E-state index contributed by atoms with van der Waals surface area (Å²) in [5.74, 6) is 0.386. The van der Waals surface area contributed by atoms with E-state index in [1.165, 1.54) is 5.56 Å². The van der Waals surface area contributed by atoms with E-state index in [9.17, 15) is 4.79 Å². The van der Waals surface area contributed by atoms with Gasteiger partial charge in [-0.1, -0.05) is 36.4 Å². The second kappa shape index (κ2) is 7.84. The van der Waals surface area contributed by atoms with E-state index in [0.717, 1.165) is 16.1 Å². The number of carbonyl (C=O) groups excluding carboxylic acids is 1. The van der Waals surface area contributed by atoms with E-state index >= 15 is 0 Å². The van der Waals surface area contributed by atoms with Crippen LogP contribution in [-0.4, -0.2) is 21.4 Å². The molecule has 0 aliphatic rings. The quantitative estimate of drug-likeness (QED) is 0.692. The molecule has 0 spiro atoms. The predicted octanol–water partition coefficient (Wildman–Crippen LogP) is 3.97. The summed E-state index contributed by atoms with van der Waals surface area (Å²) in [5.41, 5.74) is 3.06. The fourth-order valence-corrected chi connectivity index (χ4v) is 3.23. The summed E-state index contributed by atoms with van der Waals surface area (Å²) in [6.07, 6.45) is 3.66. The molecule has 4 nitrogen and oxygen atoms in total. The average Bonchev–Trinajstić information content (AvgIpc) is 3.09. The molecule has 0 saturated carbocycles. The number of hydrogen-bond acceptors (Lipinski definition) is 3. The average molecular weight is 337 g/mol. The molecular formula is C19H19N3OS. The van der Waals surface area contributed by atoms with Crippen molar-refractivity contribution in [2.75, 3.05) is 11.1 Å². The van der Waals surface area contributed by atoms with Crippen molar-refractivity contribution in [2.24, 2.45) is 0 Å². The van der Waals surface area contributed by atoms with Gasteiger partial charge in [0.25, 0.3) is 0 Å². The molecule has 0 saturated heterocycles. The summed E-state index contributed by atoms with van der Waals surface area (Å²) in [5, 5.41) is 7.23. The molecule has 3 rings (SSSR count). The maximum Gasteiger partial charge on any atom is 0.234 e. The minimum Gasteiger partial charge on any atom is -0.325 e. The molecule has 0 aliphatic heterocycles. The van der Waals surface area contributed by atoms with Crippen molar-refractivity contribution in [3.05, 3.63) is 78.1 Å². The molecule has 2 aromatic carbocycles. The minimum absolute atomic E-state index is 0.00355. The number of benzene rings is 2. The standard InChI is InChI=1S/C19H19N3OS/c1-15-7-2-5-10-18(15)24-14-19(23)21-17-9-4-3-8-16(17)13-22-12-6-11-20-22/h2-12H,13-14H2,1H3,(H,21,23). The predicted molar refractivity (Wildman–Crippen MR) is 98.3 cm³/mol. The van der Waals surface area contributed by atoms with Crippen LogP contribution in [0.25, 0.3) is 0 Å². The third kappa shape index (κ3) is 4.26. The van der Waals surface area contributed by atoms with Crippen LogP contribution in [0.15, 0.2) is 71.9 Å². The first kappa shape index (κ1) is 16.3. The van der Waals surface area contributed by atoms with Gasteiger partial charge in [-0.2, -0.15) is 5.10 Å². The van der Waals surface area contributed by atoms with Gasteiger partial charge in [-0.3, -0.25) is 9.48 Å². The van der Waals surface area contributed by atoms with Gasteiger partial charge in [-0.15, -0.1) is 11.8 Å². The SMILES string of the molecule is Cc1ccccc1SCC(=O)Nc1ccccc1Cn1cccn1. The van der Waals surface area contributed by atoms with Crippen LogP contribution >= 0.6 is 11.8 Å². The summed E-state index contributed by atoms with van der Waals surface area (Å²) in [7, 11) is 0. The molecule has 5 heteroatoms. The van der Waals surface area contributed by atoms with Gasteiger partial charge in [-0.25, -0.2) is 0 Å². The fourth-order valence-electron chi connectivity index (χ4n) is 2.40. The zero-order valence-corrected chi connectivity index (χ0v) is 14.3. The van der Waals surface area contributed by atoms with Gasteiger partial charge >= 0.3 is 0 Å². The van der Waals surface area contributed by atoms with Crippen molar-refractivity contribution >= 4 is 23.4 Å². The highest BCUT2D eigenvalue weighted by Gasteiger charge is 2.08. The first-order chi connectivity index (χ1) is 11.7. The number of para-hydroxylation sites is 1. The molecule has 24 heavy (non-hydrogen) atoms. The number of rotatable bonds is 6. The van der Waals surface area contributed by atoms with Gasteiger partial charge in [0.05, 0.1) is 12.3 Å². The van der Waals surface area contributed by atoms with Gasteiger partial charge in [0, 0.05) is 23.0 Å². The third-order valence-corrected chi connectivity index (χ3v) is 4.81. The first-order valence-corrected chi connectivity index (χ1v) is 8.74. The van der Waals surface area contributed by atoms with Gasteiger partial charge in [0.1, 0.15) is 0 Å². The van der Waals surface area contributed by atoms with Gasteiger partial charge < -0.3 is 5.32 Å². The fraction of sp³-hybridized carbons (Fsp3) is 0.158. The number of amides is 1. The Hall–Kier alpha value is -2.53. The van der Waals surface area contributed by atoms with Crippen LogP contribution in [0.5, 0.6) is 0 Å². The van der Waals surface area contributed by atoms with Crippen molar-refractivity contribution in [1.29, 1.82) is 0 Å². The maximum atomic E-state index is 12.3. The lowest BCUT2D eigenvalue weighted by molar-refractivity contribution is -0.113. The van der Waals surface area contributed by atoms with Crippen LogP contribution in [-0.2, 0) is 11.3 Å². The molecule has 1 N–H and O–H groups in total. The Balaban J connectivity index is 1.63. The Bertz CT molecular complexity index is 815. The largest absolute Gasteiger partial charge is 0.325 e. The molecule has 1 heterocycles. The molecule has 0 bridgehead atoms. The van der Waals surface area contributed by atoms with E-state index in [1.807, 2.05) is 59.4 Å². The highest BCUT2D eigenvalue weighted by atomic mass is 32.2. The van der Waals surface area contributed by atoms with E-state index < -0.39 is 0 Å². The molecule has 1 aromatic heterocycles. The van der Waals surface area contributed by atoms with Gasteiger partial charge in [0.2, 0.25) is 5.91 Å². The lowest BCUT2D eigenvalue weighted by Gasteiger charge is -2.11. The molecule has 0 atom stereocenters. The molecule has 1 amide bonds. The second-order valence-corrected chi connectivity index (χ2v) is 6.48. The minimum atomic E-state index is -0.00355. The van der Waals surface area contributed by atoms with Crippen LogP contribution in [0.2, 0.25) is 0 Å². The smallest absolute Gasteiger partial charge is 0.234 e. The number of aromatic nitrogens is 2. The number of aryl methyl sites for hydroxylation is 1. The van der Waals surface area contributed by atoms with Crippen LogP contribution in [0, 0.1) is 6.92 Å². The number of nitrogens with one attached hydrogen (secondary N) is 1. The van der Waals surface area contributed by atoms with E-state index in [0.29, 0.717) is 12.3 Å². The lowest BCUT2D eigenvalue weighted by atomic mass is 10.2. The highest BCUT2D eigenvalue weighted by Crippen LogP contribution is 2.22.